The molecule has 2 aromatic rings. The summed E-state index contributed by atoms with van der Waals surface area (Å²) in [6.45, 7) is 0. The van der Waals surface area contributed by atoms with Gasteiger partial charge in [0.25, 0.3) is 0 Å². The van der Waals surface area contributed by atoms with Crippen molar-refractivity contribution in [3.63, 3.8) is 0 Å². The summed E-state index contributed by atoms with van der Waals surface area (Å²) in [4.78, 5) is 1.02. The lowest BCUT2D eigenvalue weighted by molar-refractivity contribution is 0.418. The number of anilines is 1. The maximum atomic E-state index is 5.50. The van der Waals surface area contributed by atoms with E-state index in [-0.39, 0.29) is 0 Å². The van der Waals surface area contributed by atoms with Gasteiger partial charge in [-0.1, -0.05) is 0 Å². The fraction of sp³-hybridized carbons (Fsp3) is 0.125. The van der Waals surface area contributed by atoms with Crippen LogP contribution in [0.15, 0.2) is 17.5 Å². The van der Waals surface area contributed by atoms with Crippen LogP contribution in [-0.4, -0.2) is 17.3 Å². The predicted molar refractivity (Wildman–Crippen MR) is 52.9 cm³/mol. The lowest BCUT2D eigenvalue weighted by Crippen LogP contribution is -1.82. The molecule has 3 N–H and O–H groups in total. The molecule has 0 fully saturated rings. The quantitative estimate of drug-likeness (QED) is 0.767. The number of aromatic nitrogens is 2. The number of hydrogen-bond acceptors (Lipinski definition) is 4. The first-order valence-corrected chi connectivity index (χ1v) is 4.62. The number of aromatic amines is 1. The predicted octanol–water partition coefficient (Wildman–Crippen LogP) is 1.73. The molecule has 0 bridgehead atoms. The number of thiophene rings is 1. The molecule has 0 unspecified atom stereocenters. The molecule has 2 rings (SSSR count). The molecule has 2 aromatic heterocycles. The third-order valence-electron chi connectivity index (χ3n) is 1.69. The van der Waals surface area contributed by atoms with E-state index >= 15 is 0 Å². The van der Waals surface area contributed by atoms with E-state index < -0.39 is 0 Å². The Morgan fingerprint density at radius 2 is 2.46 bits per heavy atom. The molecule has 68 valence electrons. The van der Waals surface area contributed by atoms with Crippen molar-refractivity contribution in [2.75, 3.05) is 12.8 Å². The fourth-order valence-corrected chi connectivity index (χ4v) is 1.93. The number of methoxy groups -OCH3 is 1. The SMILES string of the molecule is COc1ccsc1-c1cc(N)n[nH]1. The average molecular weight is 195 g/mol. The lowest BCUT2D eigenvalue weighted by atomic mass is 10.3. The van der Waals surface area contributed by atoms with Crippen LogP contribution in [0.3, 0.4) is 0 Å². The molecular weight excluding hydrogens is 186 g/mol. The number of rotatable bonds is 2. The van der Waals surface area contributed by atoms with Crippen LogP contribution in [0.4, 0.5) is 5.82 Å². The maximum absolute atomic E-state index is 5.50. The molecule has 0 amide bonds. The minimum atomic E-state index is 0.491. The van der Waals surface area contributed by atoms with Gasteiger partial charge in [0, 0.05) is 6.07 Å². The fourth-order valence-electron chi connectivity index (χ4n) is 1.11. The third kappa shape index (κ3) is 1.38. The number of nitrogens with two attached hydrogens (primary N) is 1. The minimum absolute atomic E-state index is 0.491. The van der Waals surface area contributed by atoms with Gasteiger partial charge in [-0.3, -0.25) is 5.10 Å². The Balaban J connectivity index is 2.45. The molecule has 0 aliphatic carbocycles. The molecule has 0 aliphatic rings. The highest BCUT2D eigenvalue weighted by Crippen LogP contribution is 2.34. The van der Waals surface area contributed by atoms with Crippen molar-refractivity contribution in [2.45, 2.75) is 0 Å². The number of ether oxygens (including phenoxy) is 1. The first-order valence-electron chi connectivity index (χ1n) is 3.74. The second kappa shape index (κ2) is 3.10. The molecule has 0 aromatic carbocycles. The molecule has 0 spiro atoms. The van der Waals surface area contributed by atoms with Gasteiger partial charge in [-0.15, -0.1) is 11.3 Å². The molecule has 0 aliphatic heterocycles. The monoisotopic (exact) mass is 195 g/mol. The standard InChI is InChI=1S/C8H9N3OS/c1-12-6-2-3-13-8(6)5-4-7(9)11-10-5/h2-4H,1H3,(H3,9,10,11). The maximum Gasteiger partial charge on any atom is 0.145 e. The molecule has 0 atom stereocenters. The van der Waals surface area contributed by atoms with E-state index in [9.17, 15) is 0 Å². The summed E-state index contributed by atoms with van der Waals surface area (Å²) >= 11 is 1.59. The molecule has 0 saturated heterocycles. The van der Waals surface area contributed by atoms with E-state index in [0.29, 0.717) is 5.82 Å². The number of nitrogens with one attached hydrogen (secondary N) is 1. The average Bonchev–Trinajstić information content (AvgIpc) is 2.71. The summed E-state index contributed by atoms with van der Waals surface area (Å²) in [7, 11) is 1.64. The summed E-state index contributed by atoms with van der Waals surface area (Å²) < 4.78 is 5.17. The van der Waals surface area contributed by atoms with Crippen molar-refractivity contribution in [3.05, 3.63) is 17.5 Å². The van der Waals surface area contributed by atoms with Crippen molar-refractivity contribution in [2.24, 2.45) is 0 Å². The van der Waals surface area contributed by atoms with Crippen LogP contribution >= 0.6 is 11.3 Å². The summed E-state index contributed by atoms with van der Waals surface area (Å²) in [6.07, 6.45) is 0. The number of hydrogen-bond donors (Lipinski definition) is 2. The van der Waals surface area contributed by atoms with Crippen LogP contribution in [-0.2, 0) is 0 Å². The van der Waals surface area contributed by atoms with E-state index in [0.717, 1.165) is 16.3 Å². The van der Waals surface area contributed by atoms with Gasteiger partial charge in [-0.25, -0.2) is 0 Å². The largest absolute Gasteiger partial charge is 0.495 e. The highest BCUT2D eigenvalue weighted by atomic mass is 32.1. The zero-order chi connectivity index (χ0) is 9.26. The summed E-state index contributed by atoms with van der Waals surface area (Å²) in [5, 5.41) is 8.65. The van der Waals surface area contributed by atoms with E-state index in [1.807, 2.05) is 11.4 Å². The lowest BCUT2D eigenvalue weighted by Gasteiger charge is -1.97. The zero-order valence-corrected chi connectivity index (χ0v) is 7.89. The van der Waals surface area contributed by atoms with Crippen LogP contribution in [0, 0.1) is 0 Å². The van der Waals surface area contributed by atoms with Crippen LogP contribution in [0.1, 0.15) is 0 Å². The van der Waals surface area contributed by atoms with Gasteiger partial charge in [0.05, 0.1) is 17.7 Å². The Hall–Kier alpha value is -1.49. The number of nitrogen functional groups attached to an aromatic ring is 1. The van der Waals surface area contributed by atoms with Gasteiger partial charge >= 0.3 is 0 Å². The molecule has 0 radical (unpaired) electrons. The molecule has 0 saturated carbocycles. The number of H-pyrrole nitrogens is 1. The Morgan fingerprint density at radius 1 is 1.62 bits per heavy atom. The molecule has 2 heterocycles. The highest BCUT2D eigenvalue weighted by molar-refractivity contribution is 7.14. The molecule has 5 heteroatoms. The highest BCUT2D eigenvalue weighted by Gasteiger charge is 2.08. The van der Waals surface area contributed by atoms with E-state index in [4.69, 9.17) is 10.5 Å². The first kappa shape index (κ1) is 8.12. The molecule has 13 heavy (non-hydrogen) atoms. The van der Waals surface area contributed by atoms with Crippen molar-refractivity contribution >= 4 is 17.2 Å². The first-order chi connectivity index (χ1) is 6.31. The van der Waals surface area contributed by atoms with Gasteiger partial charge in [0.2, 0.25) is 0 Å². The summed E-state index contributed by atoms with van der Waals surface area (Å²) in [5.41, 5.74) is 6.39. The Bertz CT molecular complexity index is 407. The Morgan fingerprint density at radius 3 is 3.08 bits per heavy atom. The minimum Gasteiger partial charge on any atom is -0.495 e. The van der Waals surface area contributed by atoms with Gasteiger partial charge in [0.1, 0.15) is 11.6 Å². The topological polar surface area (TPSA) is 63.9 Å². The van der Waals surface area contributed by atoms with Gasteiger partial charge in [0.15, 0.2) is 0 Å². The van der Waals surface area contributed by atoms with Crippen molar-refractivity contribution < 1.29 is 4.74 Å². The number of nitrogens with zero attached hydrogens (tertiary/aromatic N) is 1. The van der Waals surface area contributed by atoms with Crippen LogP contribution in [0.2, 0.25) is 0 Å². The second-order valence-corrected chi connectivity index (χ2v) is 3.44. The Labute approximate surface area is 79.3 Å². The van der Waals surface area contributed by atoms with E-state index in [1.165, 1.54) is 0 Å². The van der Waals surface area contributed by atoms with E-state index in [1.54, 1.807) is 24.5 Å². The van der Waals surface area contributed by atoms with Crippen molar-refractivity contribution in [1.29, 1.82) is 0 Å². The Kier molecular flexibility index (Phi) is 1.94. The summed E-state index contributed by atoms with van der Waals surface area (Å²) in [5.74, 6) is 1.33. The molecular formula is C8H9N3OS. The normalized spacial score (nSPS) is 10.2. The van der Waals surface area contributed by atoms with Crippen molar-refractivity contribution in [3.8, 4) is 16.3 Å². The molecule has 4 nitrogen and oxygen atoms in total. The third-order valence-corrected chi connectivity index (χ3v) is 2.62. The van der Waals surface area contributed by atoms with Gasteiger partial charge in [-0.2, -0.15) is 5.10 Å². The summed E-state index contributed by atoms with van der Waals surface area (Å²) in [6, 6.07) is 3.70. The second-order valence-electron chi connectivity index (χ2n) is 2.52. The smallest absolute Gasteiger partial charge is 0.145 e. The zero-order valence-electron chi connectivity index (χ0n) is 7.07. The van der Waals surface area contributed by atoms with Crippen LogP contribution in [0.25, 0.3) is 10.6 Å². The van der Waals surface area contributed by atoms with Crippen LogP contribution in [0.5, 0.6) is 5.75 Å². The van der Waals surface area contributed by atoms with E-state index in [2.05, 4.69) is 10.2 Å². The van der Waals surface area contributed by atoms with Gasteiger partial charge in [-0.05, 0) is 11.4 Å². The van der Waals surface area contributed by atoms with Crippen molar-refractivity contribution in [1.82, 2.24) is 10.2 Å². The van der Waals surface area contributed by atoms with Crippen LogP contribution < -0.4 is 10.5 Å². The van der Waals surface area contributed by atoms with Gasteiger partial charge < -0.3 is 10.5 Å².